The third kappa shape index (κ3) is 4.82. The number of amides is 1. The molecule has 2 rings (SSSR count). The van der Waals surface area contributed by atoms with Gasteiger partial charge in [0.1, 0.15) is 11.9 Å². The van der Waals surface area contributed by atoms with Gasteiger partial charge in [0.15, 0.2) is 0 Å². The SMILES string of the molecule is CCC(=O)Nc1cc(N(CC)CC)ccc1N=Nc1ncc([N+](=O)[O-])s1. The van der Waals surface area contributed by atoms with Gasteiger partial charge >= 0.3 is 5.00 Å². The second-order valence-electron chi connectivity index (χ2n) is 5.21. The van der Waals surface area contributed by atoms with E-state index in [1.165, 1.54) is 0 Å². The Morgan fingerprint density at radius 1 is 1.31 bits per heavy atom. The molecule has 0 spiro atoms. The Balaban J connectivity index is 2.33. The van der Waals surface area contributed by atoms with Crippen molar-refractivity contribution >= 4 is 44.4 Å². The zero-order valence-electron chi connectivity index (χ0n) is 14.8. The van der Waals surface area contributed by atoms with Crippen LogP contribution in [0.1, 0.15) is 27.2 Å². The van der Waals surface area contributed by atoms with Gasteiger partial charge in [-0.25, -0.2) is 4.98 Å². The summed E-state index contributed by atoms with van der Waals surface area (Å²) in [6.45, 7) is 7.54. The van der Waals surface area contributed by atoms with Crippen molar-refractivity contribution in [2.75, 3.05) is 23.3 Å². The van der Waals surface area contributed by atoms with Crippen LogP contribution in [-0.2, 0) is 4.79 Å². The van der Waals surface area contributed by atoms with E-state index in [0.29, 0.717) is 17.8 Å². The lowest BCUT2D eigenvalue weighted by Gasteiger charge is -2.22. The van der Waals surface area contributed by atoms with Gasteiger partial charge in [-0.15, -0.1) is 10.2 Å². The number of nitrogens with zero attached hydrogens (tertiary/aromatic N) is 5. The van der Waals surface area contributed by atoms with Crippen LogP contribution >= 0.6 is 11.3 Å². The molecule has 0 unspecified atom stereocenters. The number of thiazole rings is 1. The van der Waals surface area contributed by atoms with Crippen LogP contribution < -0.4 is 10.2 Å². The number of carbonyl (C=O) groups excluding carboxylic acids is 1. The molecule has 1 aromatic carbocycles. The first kappa shape index (κ1) is 19.4. The molecule has 26 heavy (non-hydrogen) atoms. The minimum Gasteiger partial charge on any atom is -0.372 e. The molecule has 1 amide bonds. The highest BCUT2D eigenvalue weighted by Gasteiger charge is 2.12. The van der Waals surface area contributed by atoms with Gasteiger partial charge in [0.25, 0.3) is 0 Å². The Bertz CT molecular complexity index is 816. The first-order valence-corrected chi connectivity index (χ1v) is 9.00. The summed E-state index contributed by atoms with van der Waals surface area (Å²) in [4.78, 5) is 28.0. The molecular weight excluding hydrogens is 356 g/mol. The van der Waals surface area contributed by atoms with Crippen LogP contribution in [0.25, 0.3) is 0 Å². The number of benzene rings is 1. The summed E-state index contributed by atoms with van der Waals surface area (Å²) in [6, 6.07) is 5.50. The number of rotatable bonds is 8. The molecule has 2 aromatic rings. The van der Waals surface area contributed by atoms with Crippen molar-refractivity contribution < 1.29 is 9.72 Å². The maximum atomic E-state index is 11.8. The van der Waals surface area contributed by atoms with Gasteiger partial charge in [-0.05, 0) is 43.4 Å². The lowest BCUT2D eigenvalue weighted by atomic mass is 10.2. The molecule has 0 aliphatic carbocycles. The molecule has 1 heterocycles. The zero-order chi connectivity index (χ0) is 19.1. The monoisotopic (exact) mass is 376 g/mol. The molecular formula is C16H20N6O3S. The average molecular weight is 376 g/mol. The summed E-state index contributed by atoms with van der Waals surface area (Å²) < 4.78 is 0. The fourth-order valence-corrected chi connectivity index (χ4v) is 2.77. The third-order valence-electron chi connectivity index (χ3n) is 3.61. The molecule has 9 nitrogen and oxygen atoms in total. The minimum atomic E-state index is -0.525. The number of aromatic nitrogens is 1. The van der Waals surface area contributed by atoms with Crippen LogP contribution in [0, 0.1) is 10.1 Å². The Labute approximate surface area is 154 Å². The van der Waals surface area contributed by atoms with Crippen LogP contribution in [0.5, 0.6) is 0 Å². The van der Waals surface area contributed by atoms with Crippen molar-refractivity contribution in [1.29, 1.82) is 0 Å². The summed E-state index contributed by atoms with van der Waals surface area (Å²) in [5.41, 5.74) is 1.96. The summed E-state index contributed by atoms with van der Waals surface area (Å²) in [5, 5.41) is 21.7. The Morgan fingerprint density at radius 3 is 2.62 bits per heavy atom. The van der Waals surface area contributed by atoms with Gasteiger partial charge in [0.2, 0.25) is 11.0 Å². The summed E-state index contributed by atoms with van der Waals surface area (Å²) in [7, 11) is 0. The number of hydrogen-bond donors (Lipinski definition) is 1. The van der Waals surface area contributed by atoms with E-state index in [2.05, 4.69) is 39.3 Å². The number of hydrogen-bond acceptors (Lipinski definition) is 8. The highest BCUT2D eigenvalue weighted by Crippen LogP contribution is 2.33. The number of azo groups is 1. The van der Waals surface area contributed by atoms with Crippen molar-refractivity contribution in [3.63, 3.8) is 0 Å². The highest BCUT2D eigenvalue weighted by molar-refractivity contribution is 7.18. The molecule has 0 fully saturated rings. The Morgan fingerprint density at radius 2 is 2.04 bits per heavy atom. The predicted molar refractivity (Wildman–Crippen MR) is 102 cm³/mol. The summed E-state index contributed by atoms with van der Waals surface area (Å²) >= 11 is 0.834. The van der Waals surface area contributed by atoms with E-state index in [-0.39, 0.29) is 16.0 Å². The standard InChI is InChI=1S/C16H20N6O3S/c1-4-14(23)18-13-9-11(21(5-2)6-3)7-8-12(13)19-20-16-17-10-15(26-16)22(24)25/h7-10H,4-6H2,1-3H3,(H,18,23). The molecule has 0 aliphatic rings. The topological polar surface area (TPSA) is 113 Å². The van der Waals surface area contributed by atoms with Gasteiger partial charge in [0.05, 0.1) is 10.6 Å². The first-order valence-electron chi connectivity index (χ1n) is 8.19. The zero-order valence-corrected chi connectivity index (χ0v) is 15.6. The van der Waals surface area contributed by atoms with Gasteiger partial charge in [-0.3, -0.25) is 14.9 Å². The normalized spacial score (nSPS) is 10.9. The van der Waals surface area contributed by atoms with Gasteiger partial charge in [0, 0.05) is 25.2 Å². The van der Waals surface area contributed by atoms with Crippen molar-refractivity contribution in [2.24, 2.45) is 10.2 Å². The maximum Gasteiger partial charge on any atom is 0.345 e. The van der Waals surface area contributed by atoms with Crippen LogP contribution in [0.15, 0.2) is 34.6 Å². The van der Waals surface area contributed by atoms with Crippen LogP contribution in [-0.4, -0.2) is 28.9 Å². The Hall–Kier alpha value is -2.88. The van der Waals surface area contributed by atoms with Gasteiger partial charge in [-0.2, -0.15) is 0 Å². The van der Waals surface area contributed by atoms with Crippen LogP contribution in [0.2, 0.25) is 0 Å². The number of anilines is 2. The smallest absolute Gasteiger partial charge is 0.345 e. The first-order chi connectivity index (χ1) is 12.5. The van der Waals surface area contributed by atoms with E-state index in [1.807, 2.05) is 12.1 Å². The molecule has 1 N–H and O–H groups in total. The van der Waals surface area contributed by atoms with Crippen molar-refractivity contribution in [3.05, 3.63) is 34.5 Å². The van der Waals surface area contributed by atoms with E-state index < -0.39 is 4.92 Å². The number of carbonyl (C=O) groups is 1. The molecule has 0 atom stereocenters. The molecule has 138 valence electrons. The largest absolute Gasteiger partial charge is 0.372 e. The predicted octanol–water partition coefficient (Wildman–Crippen LogP) is 4.66. The highest BCUT2D eigenvalue weighted by atomic mass is 32.1. The molecule has 0 bridgehead atoms. The van der Waals surface area contributed by atoms with E-state index >= 15 is 0 Å². The molecule has 0 aliphatic heterocycles. The summed E-state index contributed by atoms with van der Waals surface area (Å²) in [6.07, 6.45) is 1.48. The van der Waals surface area contributed by atoms with Gasteiger partial charge < -0.3 is 10.2 Å². The second-order valence-corrected chi connectivity index (χ2v) is 6.20. The van der Waals surface area contributed by atoms with Crippen molar-refractivity contribution in [3.8, 4) is 0 Å². The quantitative estimate of drug-likeness (QED) is 0.409. The molecule has 0 radical (unpaired) electrons. The third-order valence-corrected chi connectivity index (χ3v) is 4.44. The van der Waals surface area contributed by atoms with Gasteiger partial charge in [-0.1, -0.05) is 6.92 Å². The number of nitrogens with one attached hydrogen (secondary N) is 1. The average Bonchev–Trinajstić information content (AvgIpc) is 3.11. The molecule has 0 saturated carbocycles. The fourth-order valence-electron chi connectivity index (χ4n) is 2.22. The maximum absolute atomic E-state index is 11.8. The number of nitro groups is 1. The van der Waals surface area contributed by atoms with Crippen LogP contribution in [0.4, 0.5) is 27.2 Å². The second kappa shape index (κ2) is 8.99. The molecule has 1 aromatic heterocycles. The van der Waals surface area contributed by atoms with E-state index in [0.717, 1.165) is 36.3 Å². The van der Waals surface area contributed by atoms with E-state index in [9.17, 15) is 14.9 Å². The van der Waals surface area contributed by atoms with Crippen LogP contribution in [0.3, 0.4) is 0 Å². The van der Waals surface area contributed by atoms with Crippen molar-refractivity contribution in [2.45, 2.75) is 27.2 Å². The van der Waals surface area contributed by atoms with E-state index in [1.54, 1.807) is 13.0 Å². The fraction of sp³-hybridized carbons (Fsp3) is 0.375. The van der Waals surface area contributed by atoms with Crippen molar-refractivity contribution in [1.82, 2.24) is 4.98 Å². The Kier molecular flexibility index (Phi) is 6.73. The summed E-state index contributed by atoms with van der Waals surface area (Å²) in [5.74, 6) is -0.136. The lowest BCUT2D eigenvalue weighted by molar-refractivity contribution is -0.380. The minimum absolute atomic E-state index is 0.102. The lowest BCUT2D eigenvalue weighted by Crippen LogP contribution is -2.22. The van der Waals surface area contributed by atoms with E-state index in [4.69, 9.17) is 0 Å². The molecule has 10 heteroatoms. The molecule has 0 saturated heterocycles.